The number of ether oxygens (including phenoxy) is 3. The van der Waals surface area contributed by atoms with Crippen LogP contribution in [0.4, 0.5) is 5.82 Å². The van der Waals surface area contributed by atoms with Gasteiger partial charge in [0.1, 0.15) is 18.5 Å². The van der Waals surface area contributed by atoms with Gasteiger partial charge in [-0.05, 0) is 6.07 Å². The van der Waals surface area contributed by atoms with Crippen LogP contribution in [0.3, 0.4) is 0 Å². The van der Waals surface area contributed by atoms with E-state index in [1.54, 1.807) is 12.3 Å². The van der Waals surface area contributed by atoms with Gasteiger partial charge in [0.25, 0.3) is 0 Å². The van der Waals surface area contributed by atoms with Crippen molar-refractivity contribution in [3.8, 4) is 0 Å². The van der Waals surface area contributed by atoms with Gasteiger partial charge in [-0.1, -0.05) is 0 Å². The lowest BCUT2D eigenvalue weighted by Gasteiger charge is -2.36. The van der Waals surface area contributed by atoms with Crippen molar-refractivity contribution in [1.82, 2.24) is 9.78 Å². The van der Waals surface area contributed by atoms with Gasteiger partial charge in [-0.15, -0.1) is 0 Å². The van der Waals surface area contributed by atoms with Crippen molar-refractivity contribution in [2.45, 2.75) is 37.5 Å². The SMILES string of the molecule is Nc1ccn(CC(=O)OC2CCOC3(CCOC3)C2)n1. The van der Waals surface area contributed by atoms with E-state index in [-0.39, 0.29) is 24.2 Å². The van der Waals surface area contributed by atoms with Crippen molar-refractivity contribution in [2.24, 2.45) is 0 Å². The van der Waals surface area contributed by atoms with Crippen LogP contribution in [0.25, 0.3) is 0 Å². The second-order valence-corrected chi connectivity index (χ2v) is 5.38. The van der Waals surface area contributed by atoms with Gasteiger partial charge in [0.05, 0.1) is 18.8 Å². The topological polar surface area (TPSA) is 88.6 Å². The summed E-state index contributed by atoms with van der Waals surface area (Å²) in [5, 5.41) is 3.96. The summed E-state index contributed by atoms with van der Waals surface area (Å²) in [7, 11) is 0. The number of rotatable bonds is 3. The first-order valence-corrected chi connectivity index (χ1v) is 6.85. The maximum absolute atomic E-state index is 11.9. The van der Waals surface area contributed by atoms with Gasteiger partial charge in [-0.2, -0.15) is 5.10 Å². The van der Waals surface area contributed by atoms with Crippen molar-refractivity contribution < 1.29 is 19.0 Å². The Hall–Kier alpha value is -1.60. The highest BCUT2D eigenvalue weighted by Crippen LogP contribution is 2.34. The van der Waals surface area contributed by atoms with E-state index in [1.807, 2.05) is 0 Å². The molecule has 0 amide bonds. The van der Waals surface area contributed by atoms with Crippen LogP contribution in [-0.4, -0.2) is 47.3 Å². The fourth-order valence-corrected chi connectivity index (χ4v) is 2.77. The summed E-state index contributed by atoms with van der Waals surface area (Å²) in [6.45, 7) is 2.00. The van der Waals surface area contributed by atoms with E-state index in [0.29, 0.717) is 32.1 Å². The molecule has 2 fully saturated rings. The third kappa shape index (κ3) is 2.94. The fourth-order valence-electron chi connectivity index (χ4n) is 2.77. The average molecular weight is 281 g/mol. The quantitative estimate of drug-likeness (QED) is 0.804. The maximum Gasteiger partial charge on any atom is 0.328 e. The zero-order valence-electron chi connectivity index (χ0n) is 11.3. The van der Waals surface area contributed by atoms with E-state index in [0.717, 1.165) is 12.8 Å². The van der Waals surface area contributed by atoms with Gasteiger partial charge in [0.2, 0.25) is 0 Å². The lowest BCUT2D eigenvalue weighted by atomic mass is 9.91. The molecule has 1 aromatic rings. The minimum Gasteiger partial charge on any atom is -0.461 e. The van der Waals surface area contributed by atoms with Gasteiger partial charge < -0.3 is 19.9 Å². The Morgan fingerprint density at radius 2 is 2.50 bits per heavy atom. The van der Waals surface area contributed by atoms with Crippen molar-refractivity contribution >= 4 is 11.8 Å². The molecule has 2 N–H and O–H groups in total. The van der Waals surface area contributed by atoms with Crippen LogP contribution < -0.4 is 5.73 Å². The van der Waals surface area contributed by atoms with Gasteiger partial charge in [0, 0.05) is 32.1 Å². The van der Waals surface area contributed by atoms with Gasteiger partial charge in [0.15, 0.2) is 0 Å². The number of carbonyl (C=O) groups is 1. The third-order valence-corrected chi connectivity index (χ3v) is 3.77. The number of aromatic nitrogens is 2. The third-order valence-electron chi connectivity index (χ3n) is 3.77. The minimum absolute atomic E-state index is 0.0814. The standard InChI is InChI=1S/C13H19N3O4/c14-11-1-4-16(15-11)8-12(17)20-10-2-5-19-13(7-10)3-6-18-9-13/h1,4,10H,2-3,5-9H2,(H2,14,15). The van der Waals surface area contributed by atoms with Crippen LogP contribution in [0.2, 0.25) is 0 Å². The molecule has 2 saturated heterocycles. The van der Waals surface area contributed by atoms with Gasteiger partial charge in [-0.3, -0.25) is 9.48 Å². The smallest absolute Gasteiger partial charge is 0.328 e. The molecule has 0 aliphatic carbocycles. The van der Waals surface area contributed by atoms with Gasteiger partial charge in [-0.25, -0.2) is 0 Å². The molecule has 0 aromatic carbocycles. The Balaban J connectivity index is 1.53. The number of hydrogen-bond donors (Lipinski definition) is 1. The van der Waals surface area contributed by atoms with Crippen LogP contribution in [0.15, 0.2) is 12.3 Å². The largest absolute Gasteiger partial charge is 0.461 e. The lowest BCUT2D eigenvalue weighted by Crippen LogP contribution is -2.44. The molecule has 0 radical (unpaired) electrons. The van der Waals surface area contributed by atoms with E-state index in [1.165, 1.54) is 4.68 Å². The molecule has 1 spiro atoms. The monoisotopic (exact) mass is 281 g/mol. The molecule has 0 saturated carbocycles. The maximum atomic E-state index is 11.9. The summed E-state index contributed by atoms with van der Waals surface area (Å²) < 4.78 is 18.2. The molecule has 7 nitrogen and oxygen atoms in total. The summed E-state index contributed by atoms with van der Waals surface area (Å²) in [4.78, 5) is 11.9. The highest BCUT2D eigenvalue weighted by molar-refractivity contribution is 5.69. The van der Waals surface area contributed by atoms with E-state index in [9.17, 15) is 4.79 Å². The van der Waals surface area contributed by atoms with Crippen molar-refractivity contribution in [3.63, 3.8) is 0 Å². The molecular weight excluding hydrogens is 262 g/mol. The number of nitrogens with two attached hydrogens (primary N) is 1. The minimum atomic E-state index is -0.297. The Morgan fingerprint density at radius 1 is 1.60 bits per heavy atom. The van der Waals surface area contributed by atoms with Crippen LogP contribution in [0.5, 0.6) is 0 Å². The molecule has 1 aromatic heterocycles. The number of anilines is 1. The summed E-state index contributed by atoms with van der Waals surface area (Å²) in [5.74, 6) is 0.0972. The van der Waals surface area contributed by atoms with Crippen molar-refractivity contribution in [3.05, 3.63) is 12.3 Å². The first-order valence-electron chi connectivity index (χ1n) is 6.85. The predicted octanol–water partition coefficient (Wildman–Crippen LogP) is 0.347. The van der Waals surface area contributed by atoms with Crippen LogP contribution in [0, 0.1) is 0 Å². The molecule has 2 atom stereocenters. The van der Waals surface area contributed by atoms with E-state index in [2.05, 4.69) is 5.10 Å². The molecule has 2 aliphatic heterocycles. The summed E-state index contributed by atoms with van der Waals surface area (Å²) in [5.41, 5.74) is 5.25. The molecule has 0 bridgehead atoms. The molecule has 2 aliphatic rings. The number of nitrogen functional groups attached to an aromatic ring is 1. The summed E-state index contributed by atoms with van der Waals surface area (Å²) in [6, 6.07) is 1.65. The van der Waals surface area contributed by atoms with Crippen LogP contribution >= 0.6 is 0 Å². The molecule has 2 unspecified atom stereocenters. The normalized spacial score (nSPS) is 29.7. The Bertz CT molecular complexity index is 482. The highest BCUT2D eigenvalue weighted by Gasteiger charge is 2.42. The highest BCUT2D eigenvalue weighted by atomic mass is 16.6. The van der Waals surface area contributed by atoms with Crippen molar-refractivity contribution in [2.75, 3.05) is 25.6 Å². The Kier molecular flexibility index (Phi) is 3.62. The van der Waals surface area contributed by atoms with Crippen LogP contribution in [0.1, 0.15) is 19.3 Å². The Morgan fingerprint density at radius 3 is 3.20 bits per heavy atom. The molecule has 7 heteroatoms. The first kappa shape index (κ1) is 13.4. The predicted molar refractivity (Wildman–Crippen MR) is 69.9 cm³/mol. The molecular formula is C13H19N3O4. The second-order valence-electron chi connectivity index (χ2n) is 5.38. The van der Waals surface area contributed by atoms with Gasteiger partial charge >= 0.3 is 5.97 Å². The first-order chi connectivity index (χ1) is 9.65. The molecule has 3 rings (SSSR count). The van der Waals surface area contributed by atoms with E-state index >= 15 is 0 Å². The second kappa shape index (κ2) is 5.41. The number of hydrogen-bond acceptors (Lipinski definition) is 6. The summed E-state index contributed by atoms with van der Waals surface area (Å²) in [6.07, 6.45) is 3.86. The fraction of sp³-hybridized carbons (Fsp3) is 0.692. The van der Waals surface area contributed by atoms with E-state index in [4.69, 9.17) is 19.9 Å². The number of carbonyl (C=O) groups excluding carboxylic acids is 1. The number of nitrogens with zero attached hydrogens (tertiary/aromatic N) is 2. The number of esters is 1. The molecule has 3 heterocycles. The zero-order valence-corrected chi connectivity index (χ0v) is 11.3. The zero-order chi connectivity index (χ0) is 14.0. The lowest BCUT2D eigenvalue weighted by molar-refractivity contribution is -0.166. The van der Waals surface area contributed by atoms with Crippen molar-refractivity contribution in [1.29, 1.82) is 0 Å². The van der Waals surface area contributed by atoms with E-state index < -0.39 is 0 Å². The molecule has 20 heavy (non-hydrogen) atoms. The average Bonchev–Trinajstić information content (AvgIpc) is 2.99. The Labute approximate surface area is 117 Å². The van der Waals surface area contributed by atoms with Crippen LogP contribution in [-0.2, 0) is 25.5 Å². The summed E-state index contributed by atoms with van der Waals surface area (Å²) >= 11 is 0. The molecule has 110 valence electrons.